The van der Waals surface area contributed by atoms with Gasteiger partial charge < -0.3 is 5.73 Å². The highest BCUT2D eigenvalue weighted by molar-refractivity contribution is 5.94. The summed E-state index contributed by atoms with van der Waals surface area (Å²) in [6.45, 7) is 0. The summed E-state index contributed by atoms with van der Waals surface area (Å²) >= 11 is 0. The second kappa shape index (κ2) is 4.09. The van der Waals surface area contributed by atoms with Crippen LogP contribution in [-0.4, -0.2) is 15.1 Å². The first-order valence-electron chi connectivity index (χ1n) is 5.63. The standard InChI is InChI=1S/C13H10N4O2/c14-9-3-1-8(2-4-9)13-11-7-10(17(18)19)5-6-12(11)15-16-13/h1-7H,14H2,(H,15,16). The van der Waals surface area contributed by atoms with Gasteiger partial charge in [-0.3, -0.25) is 15.2 Å². The monoisotopic (exact) mass is 254 g/mol. The average molecular weight is 254 g/mol. The van der Waals surface area contributed by atoms with E-state index >= 15 is 0 Å². The zero-order chi connectivity index (χ0) is 13.4. The van der Waals surface area contributed by atoms with Crippen molar-refractivity contribution in [3.63, 3.8) is 0 Å². The number of aromatic nitrogens is 2. The van der Waals surface area contributed by atoms with Crippen LogP contribution in [0.3, 0.4) is 0 Å². The molecule has 0 bridgehead atoms. The van der Waals surface area contributed by atoms with Crippen LogP contribution in [0.15, 0.2) is 42.5 Å². The predicted molar refractivity (Wildman–Crippen MR) is 72.6 cm³/mol. The molecule has 0 radical (unpaired) electrons. The van der Waals surface area contributed by atoms with E-state index < -0.39 is 4.92 Å². The van der Waals surface area contributed by atoms with Crippen molar-refractivity contribution >= 4 is 22.3 Å². The van der Waals surface area contributed by atoms with Crippen molar-refractivity contribution in [1.29, 1.82) is 0 Å². The molecular weight excluding hydrogens is 244 g/mol. The van der Waals surface area contributed by atoms with Gasteiger partial charge >= 0.3 is 0 Å². The van der Waals surface area contributed by atoms with Gasteiger partial charge in [-0.2, -0.15) is 5.10 Å². The van der Waals surface area contributed by atoms with Gasteiger partial charge in [0.1, 0.15) is 5.69 Å². The van der Waals surface area contributed by atoms with Gasteiger partial charge in [-0.25, -0.2) is 0 Å². The quantitative estimate of drug-likeness (QED) is 0.417. The zero-order valence-electron chi connectivity index (χ0n) is 9.83. The van der Waals surface area contributed by atoms with Gasteiger partial charge in [-0.1, -0.05) is 12.1 Å². The number of benzene rings is 2. The molecule has 0 aliphatic rings. The minimum absolute atomic E-state index is 0.0468. The largest absolute Gasteiger partial charge is 0.399 e. The Bertz CT molecular complexity index is 762. The van der Waals surface area contributed by atoms with Crippen molar-refractivity contribution in [1.82, 2.24) is 10.2 Å². The second-order valence-corrected chi connectivity index (χ2v) is 4.18. The van der Waals surface area contributed by atoms with Gasteiger partial charge in [0.25, 0.3) is 5.69 Å². The number of aromatic amines is 1. The lowest BCUT2D eigenvalue weighted by Gasteiger charge is -1.99. The third-order valence-electron chi connectivity index (χ3n) is 2.94. The number of H-pyrrole nitrogens is 1. The van der Waals surface area contributed by atoms with Gasteiger partial charge in [0.15, 0.2) is 0 Å². The second-order valence-electron chi connectivity index (χ2n) is 4.18. The van der Waals surface area contributed by atoms with Crippen molar-refractivity contribution in [2.24, 2.45) is 0 Å². The molecule has 3 aromatic rings. The number of rotatable bonds is 2. The van der Waals surface area contributed by atoms with Gasteiger partial charge in [-0.15, -0.1) is 0 Å². The fourth-order valence-corrected chi connectivity index (χ4v) is 1.98. The number of hydrogen-bond acceptors (Lipinski definition) is 4. The van der Waals surface area contributed by atoms with Crippen LogP contribution >= 0.6 is 0 Å². The van der Waals surface area contributed by atoms with Crippen molar-refractivity contribution in [2.75, 3.05) is 5.73 Å². The number of fused-ring (bicyclic) bond motifs is 1. The lowest BCUT2D eigenvalue weighted by molar-refractivity contribution is -0.384. The van der Waals surface area contributed by atoms with E-state index in [9.17, 15) is 10.1 Å². The molecule has 3 rings (SSSR count). The van der Waals surface area contributed by atoms with Crippen LogP contribution in [0.4, 0.5) is 11.4 Å². The average Bonchev–Trinajstić information content (AvgIpc) is 2.82. The molecule has 0 atom stereocenters. The van der Waals surface area contributed by atoms with Crippen molar-refractivity contribution < 1.29 is 4.92 Å². The number of nitro groups is 1. The molecule has 6 nitrogen and oxygen atoms in total. The highest BCUT2D eigenvalue weighted by Crippen LogP contribution is 2.29. The minimum atomic E-state index is -0.417. The molecule has 94 valence electrons. The van der Waals surface area contributed by atoms with E-state index in [0.717, 1.165) is 16.5 Å². The number of nitro benzene ring substituents is 1. The summed E-state index contributed by atoms with van der Waals surface area (Å²) in [6.07, 6.45) is 0. The summed E-state index contributed by atoms with van der Waals surface area (Å²) in [7, 11) is 0. The van der Waals surface area contributed by atoms with Crippen molar-refractivity contribution in [2.45, 2.75) is 0 Å². The predicted octanol–water partition coefficient (Wildman–Crippen LogP) is 2.72. The van der Waals surface area contributed by atoms with E-state index in [1.165, 1.54) is 12.1 Å². The molecule has 0 unspecified atom stereocenters. The molecule has 0 fully saturated rings. The normalized spacial score (nSPS) is 10.7. The number of nitrogen functional groups attached to an aromatic ring is 1. The maximum absolute atomic E-state index is 10.8. The summed E-state index contributed by atoms with van der Waals surface area (Å²) in [5.74, 6) is 0. The lowest BCUT2D eigenvalue weighted by Crippen LogP contribution is -1.87. The number of nitrogens with two attached hydrogens (primary N) is 1. The molecule has 0 aliphatic heterocycles. The molecule has 6 heteroatoms. The van der Waals surface area contributed by atoms with Crippen molar-refractivity contribution in [3.8, 4) is 11.3 Å². The third kappa shape index (κ3) is 1.89. The number of nitrogens with one attached hydrogen (secondary N) is 1. The number of non-ortho nitro benzene ring substituents is 1. The van der Waals surface area contributed by atoms with E-state index in [0.29, 0.717) is 11.4 Å². The van der Waals surface area contributed by atoms with Crippen LogP contribution in [0.2, 0.25) is 0 Å². The van der Waals surface area contributed by atoms with E-state index in [1.54, 1.807) is 18.2 Å². The van der Waals surface area contributed by atoms with Crippen LogP contribution < -0.4 is 5.73 Å². The fourth-order valence-electron chi connectivity index (χ4n) is 1.98. The van der Waals surface area contributed by atoms with E-state index in [1.807, 2.05) is 12.1 Å². The highest BCUT2D eigenvalue weighted by atomic mass is 16.6. The first kappa shape index (κ1) is 11.2. The molecule has 1 heterocycles. The summed E-state index contributed by atoms with van der Waals surface area (Å²) in [6, 6.07) is 11.8. The molecule has 0 amide bonds. The molecule has 3 N–H and O–H groups in total. The van der Waals surface area contributed by atoms with Crippen LogP contribution in [-0.2, 0) is 0 Å². The van der Waals surface area contributed by atoms with Gasteiger partial charge in [0.2, 0.25) is 0 Å². The van der Waals surface area contributed by atoms with Gasteiger partial charge in [0, 0.05) is 28.8 Å². The van der Waals surface area contributed by atoms with E-state index in [4.69, 9.17) is 5.73 Å². The molecule has 19 heavy (non-hydrogen) atoms. The summed E-state index contributed by atoms with van der Waals surface area (Å²) in [4.78, 5) is 10.4. The molecule has 0 saturated carbocycles. The highest BCUT2D eigenvalue weighted by Gasteiger charge is 2.12. The summed E-state index contributed by atoms with van der Waals surface area (Å²) < 4.78 is 0. The SMILES string of the molecule is Nc1ccc(-c2n[nH]c3ccc([N+](=O)[O-])cc23)cc1. The Labute approximate surface area is 108 Å². The Morgan fingerprint density at radius 3 is 2.58 bits per heavy atom. The topological polar surface area (TPSA) is 97.8 Å². The first-order valence-corrected chi connectivity index (χ1v) is 5.63. The number of anilines is 1. The van der Waals surface area contributed by atoms with Crippen LogP contribution in [0.25, 0.3) is 22.2 Å². The maximum atomic E-state index is 10.8. The Kier molecular flexibility index (Phi) is 2.42. The van der Waals surface area contributed by atoms with E-state index in [2.05, 4.69) is 10.2 Å². The molecule has 0 saturated heterocycles. The first-order chi connectivity index (χ1) is 9.15. The Balaban J connectivity index is 2.21. The molecular formula is C13H10N4O2. The van der Waals surface area contributed by atoms with Gasteiger partial charge in [-0.05, 0) is 18.2 Å². The Morgan fingerprint density at radius 1 is 1.16 bits per heavy atom. The lowest BCUT2D eigenvalue weighted by atomic mass is 10.1. The molecule has 0 aliphatic carbocycles. The molecule has 2 aromatic carbocycles. The third-order valence-corrected chi connectivity index (χ3v) is 2.94. The van der Waals surface area contributed by atoms with Crippen LogP contribution in [0.5, 0.6) is 0 Å². The Morgan fingerprint density at radius 2 is 1.89 bits per heavy atom. The summed E-state index contributed by atoms with van der Waals surface area (Å²) in [5, 5.41) is 18.6. The number of hydrogen-bond donors (Lipinski definition) is 2. The molecule has 0 spiro atoms. The maximum Gasteiger partial charge on any atom is 0.270 e. The van der Waals surface area contributed by atoms with Crippen molar-refractivity contribution in [3.05, 3.63) is 52.6 Å². The Hall–Kier alpha value is -2.89. The zero-order valence-corrected chi connectivity index (χ0v) is 9.83. The van der Waals surface area contributed by atoms with Crippen LogP contribution in [0, 0.1) is 10.1 Å². The smallest absolute Gasteiger partial charge is 0.270 e. The minimum Gasteiger partial charge on any atom is -0.399 e. The summed E-state index contributed by atoms with van der Waals surface area (Å²) in [5.41, 5.74) is 8.65. The van der Waals surface area contributed by atoms with Gasteiger partial charge in [0.05, 0.1) is 10.4 Å². The number of nitrogens with zero attached hydrogens (tertiary/aromatic N) is 2. The van der Waals surface area contributed by atoms with Crippen LogP contribution in [0.1, 0.15) is 0 Å². The fraction of sp³-hybridized carbons (Fsp3) is 0. The van der Waals surface area contributed by atoms with E-state index in [-0.39, 0.29) is 5.69 Å². The molecule has 1 aromatic heterocycles.